The fourth-order valence-corrected chi connectivity index (χ4v) is 3.08. The maximum Gasteiger partial charge on any atom is 0.269 e. The first-order valence-corrected chi connectivity index (χ1v) is 10.2. The number of carbonyl (C=O) groups excluding carboxylic acids is 1. The van der Waals surface area contributed by atoms with Gasteiger partial charge in [-0.15, -0.1) is 0 Å². The largest absolute Gasteiger partial charge is 0.493 e. The van der Waals surface area contributed by atoms with E-state index in [1.54, 1.807) is 37.5 Å². The van der Waals surface area contributed by atoms with E-state index < -0.39 is 4.92 Å². The Morgan fingerprint density at radius 1 is 1.00 bits per heavy atom. The second-order valence-electron chi connectivity index (χ2n) is 7.60. The van der Waals surface area contributed by atoms with Gasteiger partial charge < -0.3 is 9.47 Å². The first-order chi connectivity index (χ1) is 15.4. The Kier molecular flexibility index (Phi) is 7.39. The van der Waals surface area contributed by atoms with Crippen molar-refractivity contribution in [3.05, 3.63) is 105 Å². The van der Waals surface area contributed by atoms with Crippen LogP contribution >= 0.6 is 0 Å². The molecule has 3 aromatic carbocycles. The van der Waals surface area contributed by atoms with Crippen LogP contribution < -0.4 is 9.47 Å². The summed E-state index contributed by atoms with van der Waals surface area (Å²) in [5, 5.41) is 10.8. The predicted octanol–water partition coefficient (Wildman–Crippen LogP) is 6.20. The molecule has 0 radical (unpaired) electrons. The molecule has 0 bridgehead atoms. The molecule has 0 amide bonds. The van der Waals surface area contributed by atoms with Gasteiger partial charge in [-0.1, -0.05) is 50.3 Å². The molecule has 0 aromatic heterocycles. The molecule has 3 rings (SSSR count). The van der Waals surface area contributed by atoms with Gasteiger partial charge in [0.05, 0.1) is 12.0 Å². The van der Waals surface area contributed by atoms with Crippen LogP contribution in [-0.4, -0.2) is 17.8 Å². The molecule has 0 unspecified atom stereocenters. The Hall–Kier alpha value is -3.93. The Balaban J connectivity index is 1.66. The fraction of sp³-hybridized carbons (Fsp3) is 0.192. The molecule has 0 spiro atoms. The molecule has 0 saturated heterocycles. The summed E-state index contributed by atoms with van der Waals surface area (Å²) in [6.07, 6.45) is 3.28. The van der Waals surface area contributed by atoms with Crippen molar-refractivity contribution in [2.75, 3.05) is 7.11 Å². The maximum atomic E-state index is 12.5. The van der Waals surface area contributed by atoms with Gasteiger partial charge in [0.1, 0.15) is 6.61 Å². The molecule has 3 aromatic rings. The third kappa shape index (κ3) is 5.82. The number of benzene rings is 3. The Bertz CT molecular complexity index is 1120. The molecule has 6 nitrogen and oxygen atoms in total. The van der Waals surface area contributed by atoms with Gasteiger partial charge in [0.2, 0.25) is 0 Å². The van der Waals surface area contributed by atoms with E-state index in [1.807, 2.05) is 30.3 Å². The fourth-order valence-electron chi connectivity index (χ4n) is 3.08. The summed E-state index contributed by atoms with van der Waals surface area (Å²) in [4.78, 5) is 22.8. The van der Waals surface area contributed by atoms with Crippen LogP contribution in [0.4, 0.5) is 5.69 Å². The minimum atomic E-state index is -0.439. The summed E-state index contributed by atoms with van der Waals surface area (Å²) < 4.78 is 11.2. The number of carbonyl (C=O) groups is 1. The van der Waals surface area contributed by atoms with E-state index in [2.05, 4.69) is 13.8 Å². The minimum absolute atomic E-state index is 0.0351. The second-order valence-corrected chi connectivity index (χ2v) is 7.60. The third-order valence-electron chi connectivity index (χ3n) is 5.02. The van der Waals surface area contributed by atoms with Crippen molar-refractivity contribution >= 4 is 17.5 Å². The monoisotopic (exact) mass is 431 g/mol. The van der Waals surface area contributed by atoms with Gasteiger partial charge >= 0.3 is 0 Å². The smallest absolute Gasteiger partial charge is 0.269 e. The molecular weight excluding hydrogens is 406 g/mol. The molecule has 0 heterocycles. The molecule has 6 heteroatoms. The van der Waals surface area contributed by atoms with Crippen LogP contribution in [0.2, 0.25) is 0 Å². The van der Waals surface area contributed by atoms with Gasteiger partial charge in [-0.2, -0.15) is 0 Å². The highest BCUT2D eigenvalue weighted by Crippen LogP contribution is 2.29. The highest BCUT2D eigenvalue weighted by Gasteiger charge is 2.08. The Morgan fingerprint density at radius 2 is 1.69 bits per heavy atom. The normalized spacial score (nSPS) is 11.0. The predicted molar refractivity (Wildman–Crippen MR) is 124 cm³/mol. The van der Waals surface area contributed by atoms with Crippen molar-refractivity contribution in [1.29, 1.82) is 0 Å². The lowest BCUT2D eigenvalue weighted by molar-refractivity contribution is -0.384. The number of rotatable bonds is 9. The number of allylic oxidation sites excluding steroid dienone is 1. The van der Waals surface area contributed by atoms with Crippen LogP contribution in [0.15, 0.2) is 72.8 Å². The number of non-ortho nitro benzene ring substituents is 1. The lowest BCUT2D eigenvalue weighted by atomic mass is 10.0. The molecule has 0 aliphatic rings. The first-order valence-electron chi connectivity index (χ1n) is 10.2. The average molecular weight is 431 g/mol. The molecule has 164 valence electrons. The van der Waals surface area contributed by atoms with Crippen molar-refractivity contribution in [3.63, 3.8) is 0 Å². The summed E-state index contributed by atoms with van der Waals surface area (Å²) >= 11 is 0. The van der Waals surface area contributed by atoms with E-state index in [-0.39, 0.29) is 18.1 Å². The standard InChI is InChI=1S/C26H25NO5/c1-18(2)21-8-10-22(11-9-21)24(28)14-6-19-7-15-25(26(16-19)31-3)32-17-20-4-12-23(13-5-20)27(29)30/h4-16,18H,17H2,1-3H3/b14-6+. The summed E-state index contributed by atoms with van der Waals surface area (Å²) in [5.41, 5.74) is 3.47. The highest BCUT2D eigenvalue weighted by molar-refractivity contribution is 6.06. The van der Waals surface area contributed by atoms with Gasteiger partial charge in [0, 0.05) is 17.7 Å². The zero-order valence-electron chi connectivity index (χ0n) is 18.3. The summed E-state index contributed by atoms with van der Waals surface area (Å²) in [7, 11) is 1.54. The van der Waals surface area contributed by atoms with Gasteiger partial charge in [-0.25, -0.2) is 0 Å². The van der Waals surface area contributed by atoms with Crippen molar-refractivity contribution in [3.8, 4) is 11.5 Å². The van der Waals surface area contributed by atoms with Crippen molar-refractivity contribution in [2.24, 2.45) is 0 Å². The van der Waals surface area contributed by atoms with E-state index in [4.69, 9.17) is 9.47 Å². The molecule has 32 heavy (non-hydrogen) atoms. The average Bonchev–Trinajstić information content (AvgIpc) is 2.81. The lowest BCUT2D eigenvalue weighted by Gasteiger charge is -2.11. The Morgan fingerprint density at radius 3 is 2.28 bits per heavy atom. The third-order valence-corrected chi connectivity index (χ3v) is 5.02. The number of nitrogens with zero attached hydrogens (tertiary/aromatic N) is 1. The van der Waals surface area contributed by atoms with E-state index in [9.17, 15) is 14.9 Å². The van der Waals surface area contributed by atoms with Crippen LogP contribution in [-0.2, 0) is 6.61 Å². The number of hydrogen-bond acceptors (Lipinski definition) is 5. The summed E-state index contributed by atoms with van der Waals surface area (Å²) in [6.45, 7) is 4.47. The van der Waals surface area contributed by atoms with Crippen LogP contribution in [0.1, 0.15) is 46.8 Å². The number of hydrogen-bond donors (Lipinski definition) is 0. The molecule has 0 atom stereocenters. The molecular formula is C26H25NO5. The SMILES string of the molecule is COc1cc(/C=C/C(=O)c2ccc(C(C)C)cc2)ccc1OCc1ccc([N+](=O)[O-])cc1. The van der Waals surface area contributed by atoms with Crippen LogP contribution in [0.5, 0.6) is 11.5 Å². The highest BCUT2D eigenvalue weighted by atomic mass is 16.6. The van der Waals surface area contributed by atoms with E-state index >= 15 is 0 Å². The van der Waals surface area contributed by atoms with Crippen molar-refractivity contribution in [1.82, 2.24) is 0 Å². The van der Waals surface area contributed by atoms with Crippen molar-refractivity contribution in [2.45, 2.75) is 26.4 Å². The molecule has 0 aliphatic heterocycles. The number of nitro benzene ring substituents is 1. The van der Waals surface area contributed by atoms with Gasteiger partial charge in [0.15, 0.2) is 17.3 Å². The second kappa shape index (κ2) is 10.4. The van der Waals surface area contributed by atoms with Gasteiger partial charge in [-0.05, 0) is 52.9 Å². The van der Waals surface area contributed by atoms with Gasteiger partial charge in [-0.3, -0.25) is 14.9 Å². The zero-order valence-corrected chi connectivity index (χ0v) is 18.3. The minimum Gasteiger partial charge on any atom is -0.493 e. The van der Waals surface area contributed by atoms with E-state index in [0.29, 0.717) is 23.0 Å². The summed E-state index contributed by atoms with van der Waals surface area (Å²) in [5.74, 6) is 1.42. The number of nitro groups is 1. The van der Waals surface area contributed by atoms with Crippen LogP contribution in [0.25, 0.3) is 6.08 Å². The van der Waals surface area contributed by atoms with E-state index in [0.717, 1.165) is 11.1 Å². The van der Waals surface area contributed by atoms with E-state index in [1.165, 1.54) is 23.8 Å². The number of ketones is 1. The first kappa shape index (κ1) is 22.7. The lowest BCUT2D eigenvalue weighted by Crippen LogP contribution is -1.98. The Labute approximate surface area is 187 Å². The molecule has 0 saturated carbocycles. The van der Waals surface area contributed by atoms with Gasteiger partial charge in [0.25, 0.3) is 5.69 Å². The quantitative estimate of drug-likeness (QED) is 0.174. The summed E-state index contributed by atoms with van der Waals surface area (Å²) in [6, 6.07) is 19.2. The zero-order chi connectivity index (χ0) is 23.1. The number of ether oxygens (including phenoxy) is 2. The number of methoxy groups -OCH3 is 1. The molecule has 0 N–H and O–H groups in total. The van der Waals surface area contributed by atoms with Crippen molar-refractivity contribution < 1.29 is 19.2 Å². The topological polar surface area (TPSA) is 78.7 Å². The molecule has 0 fully saturated rings. The van der Waals surface area contributed by atoms with Crippen LogP contribution in [0, 0.1) is 10.1 Å². The maximum absolute atomic E-state index is 12.5. The van der Waals surface area contributed by atoms with Crippen LogP contribution in [0.3, 0.4) is 0 Å². The molecule has 0 aliphatic carbocycles.